The lowest BCUT2D eigenvalue weighted by Crippen LogP contribution is -2.29. The quantitative estimate of drug-likeness (QED) is 0.144. The minimum atomic E-state index is -0.876. The highest BCUT2D eigenvalue weighted by Crippen LogP contribution is 2.42. The van der Waals surface area contributed by atoms with Crippen molar-refractivity contribution in [2.75, 3.05) is 18.1 Å². The second kappa shape index (κ2) is 12.2. The van der Waals surface area contributed by atoms with Crippen molar-refractivity contribution >= 4 is 29.1 Å². The van der Waals surface area contributed by atoms with Gasteiger partial charge < -0.3 is 14.6 Å². The van der Waals surface area contributed by atoms with Gasteiger partial charge >= 0.3 is 5.97 Å². The van der Waals surface area contributed by atoms with Crippen LogP contribution in [0.3, 0.4) is 0 Å². The molecule has 1 heterocycles. The van der Waals surface area contributed by atoms with Gasteiger partial charge in [0.1, 0.15) is 11.5 Å². The number of rotatable bonds is 9. The molecule has 1 aliphatic heterocycles. The summed E-state index contributed by atoms with van der Waals surface area (Å²) in [6.07, 6.45) is 0. The van der Waals surface area contributed by atoms with Gasteiger partial charge in [-0.3, -0.25) is 14.5 Å². The Balaban J connectivity index is 1.78. The molecule has 0 spiro atoms. The van der Waals surface area contributed by atoms with Crippen molar-refractivity contribution in [3.63, 3.8) is 0 Å². The van der Waals surface area contributed by atoms with Crippen molar-refractivity contribution in [3.05, 3.63) is 101 Å². The summed E-state index contributed by atoms with van der Waals surface area (Å²) in [6.45, 7) is 10.7. The van der Waals surface area contributed by atoms with Gasteiger partial charge in [-0.25, -0.2) is 4.79 Å². The first-order chi connectivity index (χ1) is 19.1. The molecule has 0 radical (unpaired) electrons. The number of hydrogen-bond acceptors (Lipinski definition) is 6. The number of carbonyl (C=O) groups excluding carboxylic acids is 3. The van der Waals surface area contributed by atoms with Gasteiger partial charge in [-0.2, -0.15) is 0 Å². The number of hydrogen-bond donors (Lipinski definition) is 1. The van der Waals surface area contributed by atoms with Crippen LogP contribution in [0, 0.1) is 18.8 Å². The smallest absolute Gasteiger partial charge is 0.338 e. The minimum absolute atomic E-state index is 0.0166. The van der Waals surface area contributed by atoms with E-state index >= 15 is 0 Å². The Hall–Kier alpha value is -4.39. The first-order valence-corrected chi connectivity index (χ1v) is 13.4. The van der Waals surface area contributed by atoms with E-state index in [1.165, 1.54) is 4.90 Å². The van der Waals surface area contributed by atoms with E-state index in [0.29, 0.717) is 47.3 Å². The van der Waals surface area contributed by atoms with E-state index < -0.39 is 23.7 Å². The van der Waals surface area contributed by atoms with Gasteiger partial charge in [0.15, 0.2) is 0 Å². The topological polar surface area (TPSA) is 93.1 Å². The number of aliphatic hydroxyl groups excluding tert-OH is 1. The van der Waals surface area contributed by atoms with E-state index in [2.05, 4.69) is 0 Å². The Bertz CT molecular complexity index is 1440. The van der Waals surface area contributed by atoms with E-state index in [0.717, 1.165) is 5.56 Å². The number of benzene rings is 3. The average molecular weight is 542 g/mol. The van der Waals surface area contributed by atoms with Crippen molar-refractivity contribution in [2.45, 2.75) is 40.7 Å². The van der Waals surface area contributed by atoms with E-state index in [1.54, 1.807) is 48.5 Å². The Morgan fingerprint density at radius 1 is 0.875 bits per heavy atom. The monoisotopic (exact) mass is 541 g/mol. The molecule has 3 aromatic carbocycles. The Morgan fingerprint density at radius 2 is 1.55 bits per heavy atom. The Kier molecular flexibility index (Phi) is 8.73. The van der Waals surface area contributed by atoms with E-state index in [4.69, 9.17) is 9.47 Å². The maximum atomic E-state index is 13.5. The fourth-order valence-corrected chi connectivity index (χ4v) is 4.49. The lowest BCUT2D eigenvalue weighted by molar-refractivity contribution is -0.132. The fraction of sp³-hybridized carbons (Fsp3) is 0.303. The van der Waals surface area contributed by atoms with Crippen molar-refractivity contribution in [3.8, 4) is 5.75 Å². The highest BCUT2D eigenvalue weighted by molar-refractivity contribution is 6.51. The molecule has 1 N–H and O–H groups in total. The number of Topliss-reactive ketones (excluding diaryl/α,β-unsaturated/α-hetero) is 1. The van der Waals surface area contributed by atoms with Crippen LogP contribution in [0.4, 0.5) is 5.69 Å². The standard InChI is InChI=1S/C33H35NO6/c1-20(2)18-39-27-11-7-10-25(17-27)30(35)28-29(24-9-6-8-22(5)16-24)34(32(37)31(28)36)26-14-12-23(13-15-26)33(38)40-19-21(3)4/h6-17,20-21,29,35H,18-19H2,1-5H3/b30-28+. The third-order valence-electron chi connectivity index (χ3n) is 6.42. The lowest BCUT2D eigenvalue weighted by atomic mass is 9.94. The number of ether oxygens (including phenoxy) is 2. The molecule has 1 saturated heterocycles. The Labute approximate surface area is 235 Å². The van der Waals surface area contributed by atoms with Gasteiger partial charge in [-0.15, -0.1) is 0 Å². The van der Waals surface area contributed by atoms with Crippen LogP contribution >= 0.6 is 0 Å². The first-order valence-electron chi connectivity index (χ1n) is 13.4. The fourth-order valence-electron chi connectivity index (χ4n) is 4.49. The number of ketones is 1. The van der Waals surface area contributed by atoms with Gasteiger partial charge in [0.05, 0.1) is 30.4 Å². The number of carbonyl (C=O) groups is 3. The lowest BCUT2D eigenvalue weighted by Gasteiger charge is -2.26. The van der Waals surface area contributed by atoms with Gasteiger partial charge in [-0.1, -0.05) is 69.7 Å². The molecule has 208 valence electrons. The summed E-state index contributed by atoms with van der Waals surface area (Å²) in [7, 11) is 0. The summed E-state index contributed by atoms with van der Waals surface area (Å²) in [5, 5.41) is 11.5. The predicted octanol–water partition coefficient (Wildman–Crippen LogP) is 6.47. The van der Waals surface area contributed by atoms with Crippen LogP contribution in [0.2, 0.25) is 0 Å². The van der Waals surface area contributed by atoms with E-state index in [1.807, 2.05) is 58.9 Å². The number of aryl methyl sites for hydroxylation is 1. The second-order valence-corrected chi connectivity index (χ2v) is 10.9. The number of nitrogens with zero attached hydrogens (tertiary/aromatic N) is 1. The van der Waals surface area contributed by atoms with Crippen LogP contribution in [-0.4, -0.2) is 36.0 Å². The summed E-state index contributed by atoms with van der Waals surface area (Å²) in [5.41, 5.74) is 2.73. The average Bonchev–Trinajstić information content (AvgIpc) is 3.20. The van der Waals surface area contributed by atoms with E-state index in [-0.39, 0.29) is 17.3 Å². The molecule has 0 saturated carbocycles. The molecule has 3 aromatic rings. The largest absolute Gasteiger partial charge is 0.507 e. The molecule has 40 heavy (non-hydrogen) atoms. The minimum Gasteiger partial charge on any atom is -0.507 e. The maximum Gasteiger partial charge on any atom is 0.338 e. The van der Waals surface area contributed by atoms with Crippen LogP contribution in [0.25, 0.3) is 5.76 Å². The van der Waals surface area contributed by atoms with Crippen molar-refractivity contribution in [1.29, 1.82) is 0 Å². The molecule has 1 amide bonds. The number of aliphatic hydroxyl groups is 1. The van der Waals surface area contributed by atoms with Crippen LogP contribution in [0.1, 0.15) is 60.8 Å². The van der Waals surface area contributed by atoms with Gasteiger partial charge in [0.25, 0.3) is 11.7 Å². The zero-order valence-corrected chi connectivity index (χ0v) is 23.5. The predicted molar refractivity (Wildman–Crippen MR) is 154 cm³/mol. The molecule has 7 nitrogen and oxygen atoms in total. The van der Waals surface area contributed by atoms with Crippen LogP contribution in [-0.2, 0) is 14.3 Å². The van der Waals surface area contributed by atoms with Crippen molar-refractivity contribution in [2.24, 2.45) is 11.8 Å². The molecular formula is C33H35NO6. The molecule has 1 aliphatic rings. The number of anilines is 1. The summed E-state index contributed by atoms with van der Waals surface area (Å²) in [5.74, 6) is -1.24. The van der Waals surface area contributed by atoms with Crippen LogP contribution in [0.15, 0.2) is 78.4 Å². The van der Waals surface area contributed by atoms with Crippen molar-refractivity contribution in [1.82, 2.24) is 0 Å². The molecule has 1 unspecified atom stereocenters. The summed E-state index contributed by atoms with van der Waals surface area (Å²) < 4.78 is 11.1. The van der Waals surface area contributed by atoms with E-state index in [9.17, 15) is 19.5 Å². The zero-order chi connectivity index (χ0) is 29.0. The molecule has 1 fully saturated rings. The van der Waals surface area contributed by atoms with Gasteiger partial charge in [0, 0.05) is 11.3 Å². The summed E-state index contributed by atoms with van der Waals surface area (Å²) in [4.78, 5) is 40.7. The first kappa shape index (κ1) is 28.6. The second-order valence-electron chi connectivity index (χ2n) is 10.9. The molecule has 0 aliphatic carbocycles. The third kappa shape index (κ3) is 6.25. The molecule has 1 atom stereocenters. The molecule has 7 heteroatoms. The highest BCUT2D eigenvalue weighted by atomic mass is 16.5. The molecule has 0 bridgehead atoms. The normalized spacial score (nSPS) is 16.6. The highest BCUT2D eigenvalue weighted by Gasteiger charge is 2.47. The van der Waals surface area contributed by atoms with Crippen molar-refractivity contribution < 1.29 is 29.0 Å². The maximum absolute atomic E-state index is 13.5. The summed E-state index contributed by atoms with van der Waals surface area (Å²) >= 11 is 0. The van der Waals surface area contributed by atoms with Gasteiger partial charge in [0.2, 0.25) is 0 Å². The Morgan fingerprint density at radius 3 is 2.20 bits per heavy atom. The third-order valence-corrected chi connectivity index (χ3v) is 6.42. The number of amides is 1. The SMILES string of the molecule is Cc1cccc(C2/C(=C(\O)c3cccc(OCC(C)C)c3)C(=O)C(=O)N2c2ccc(C(=O)OCC(C)C)cc2)c1. The van der Waals surface area contributed by atoms with Crippen LogP contribution in [0.5, 0.6) is 5.75 Å². The molecule has 4 rings (SSSR count). The number of esters is 1. The molecule has 0 aromatic heterocycles. The van der Waals surface area contributed by atoms with Gasteiger partial charge in [-0.05, 0) is 60.7 Å². The zero-order valence-electron chi connectivity index (χ0n) is 23.5. The molecular weight excluding hydrogens is 506 g/mol. The summed E-state index contributed by atoms with van der Waals surface area (Å²) in [6, 6.07) is 19.8. The van der Waals surface area contributed by atoms with Crippen LogP contribution < -0.4 is 9.64 Å².